The van der Waals surface area contributed by atoms with E-state index in [0.717, 1.165) is 10.0 Å². The van der Waals surface area contributed by atoms with E-state index in [1.807, 2.05) is 12.1 Å². The molecule has 2 aromatic carbocycles. The average Bonchev–Trinajstić information content (AvgIpc) is 2.55. The van der Waals surface area contributed by atoms with Crippen LogP contribution in [0.1, 0.15) is 12.5 Å². The van der Waals surface area contributed by atoms with Crippen LogP contribution in [0.3, 0.4) is 0 Å². The Bertz CT molecular complexity index is 837. The second-order valence-corrected chi connectivity index (χ2v) is 6.00. The number of hydrogen-bond acceptors (Lipinski definition) is 3. The normalized spacial score (nSPS) is 10.6. The van der Waals surface area contributed by atoms with Crippen molar-refractivity contribution in [2.75, 3.05) is 17.7 Å². The Morgan fingerprint density at radius 3 is 2.60 bits per heavy atom. The summed E-state index contributed by atoms with van der Waals surface area (Å²) in [6.45, 7) is 1.28. The van der Waals surface area contributed by atoms with Gasteiger partial charge in [-0.15, -0.1) is 0 Å². The molecule has 0 aliphatic carbocycles. The second-order valence-electron chi connectivity index (χ2n) is 5.08. The predicted octanol–water partition coefficient (Wildman–Crippen LogP) is 4.21. The van der Waals surface area contributed by atoms with Gasteiger partial charge in [-0.2, -0.15) is 0 Å². The van der Waals surface area contributed by atoms with E-state index in [-0.39, 0.29) is 5.69 Å². The van der Waals surface area contributed by atoms with Gasteiger partial charge < -0.3 is 15.4 Å². The third-order valence-electron chi connectivity index (χ3n) is 3.15. The van der Waals surface area contributed by atoms with E-state index in [1.165, 1.54) is 31.2 Å². The minimum absolute atomic E-state index is 0.00272. The summed E-state index contributed by atoms with van der Waals surface area (Å²) in [6, 6.07) is 9.35. The predicted molar refractivity (Wildman–Crippen MR) is 99.1 cm³/mol. The molecule has 0 aromatic heterocycles. The van der Waals surface area contributed by atoms with Gasteiger partial charge >= 0.3 is 0 Å². The highest BCUT2D eigenvalue weighted by Gasteiger charge is 2.07. The smallest absolute Gasteiger partial charge is 0.248 e. The van der Waals surface area contributed by atoms with Crippen molar-refractivity contribution in [3.63, 3.8) is 0 Å². The first-order valence-electron chi connectivity index (χ1n) is 7.29. The number of hydrogen-bond donors (Lipinski definition) is 2. The third kappa shape index (κ3) is 5.42. The summed E-state index contributed by atoms with van der Waals surface area (Å²) < 4.78 is 19.7. The van der Waals surface area contributed by atoms with Gasteiger partial charge in [-0.1, -0.05) is 15.9 Å². The van der Waals surface area contributed by atoms with Gasteiger partial charge in [0, 0.05) is 28.7 Å². The number of amides is 2. The zero-order valence-electron chi connectivity index (χ0n) is 13.6. The van der Waals surface area contributed by atoms with Crippen LogP contribution >= 0.6 is 15.9 Å². The van der Waals surface area contributed by atoms with Gasteiger partial charge in [0.25, 0.3) is 0 Å². The maximum atomic E-state index is 13.6. The fourth-order valence-corrected chi connectivity index (χ4v) is 2.45. The van der Waals surface area contributed by atoms with E-state index in [4.69, 9.17) is 4.74 Å². The molecule has 0 radical (unpaired) electrons. The summed E-state index contributed by atoms with van der Waals surface area (Å²) in [5.74, 6) is -0.754. The highest BCUT2D eigenvalue weighted by Crippen LogP contribution is 2.24. The molecule has 0 aliphatic heterocycles. The Morgan fingerprint density at radius 2 is 1.92 bits per heavy atom. The highest BCUT2D eigenvalue weighted by molar-refractivity contribution is 9.10. The lowest BCUT2D eigenvalue weighted by atomic mass is 10.2. The van der Waals surface area contributed by atoms with Gasteiger partial charge in [-0.05, 0) is 42.5 Å². The Morgan fingerprint density at radius 1 is 1.16 bits per heavy atom. The Labute approximate surface area is 153 Å². The molecule has 2 aromatic rings. The third-order valence-corrected chi connectivity index (χ3v) is 3.64. The van der Waals surface area contributed by atoms with Gasteiger partial charge in [0.2, 0.25) is 11.8 Å². The van der Waals surface area contributed by atoms with Crippen LogP contribution < -0.4 is 15.4 Å². The lowest BCUT2D eigenvalue weighted by molar-refractivity contribution is -0.114. The van der Waals surface area contributed by atoms with Crippen LogP contribution in [0, 0.1) is 5.82 Å². The van der Waals surface area contributed by atoms with Gasteiger partial charge in [0.15, 0.2) is 0 Å². The Hall–Kier alpha value is -2.67. The van der Waals surface area contributed by atoms with Crippen molar-refractivity contribution in [1.82, 2.24) is 0 Å². The molecule has 0 atom stereocenters. The molecule has 130 valence electrons. The quantitative estimate of drug-likeness (QED) is 0.730. The van der Waals surface area contributed by atoms with Crippen LogP contribution in [-0.4, -0.2) is 18.9 Å². The lowest BCUT2D eigenvalue weighted by Gasteiger charge is -2.08. The standard InChI is InChI=1S/C18H16BrFN2O3/c1-11(23)21-16-10-14(5-6-15(16)20)22-18(24)8-3-12-9-13(19)4-7-17(12)25-2/h3-10H,1-2H3,(H,21,23)(H,22,24)/b8-3+. The number of benzene rings is 2. The molecule has 0 spiro atoms. The minimum atomic E-state index is -0.581. The van der Waals surface area contributed by atoms with Crippen molar-refractivity contribution in [2.45, 2.75) is 6.92 Å². The molecule has 0 heterocycles. The molecule has 7 heteroatoms. The summed E-state index contributed by atoms with van der Waals surface area (Å²) in [5, 5.41) is 4.97. The van der Waals surface area contributed by atoms with Gasteiger partial charge in [-0.3, -0.25) is 9.59 Å². The highest BCUT2D eigenvalue weighted by atomic mass is 79.9. The van der Waals surface area contributed by atoms with E-state index in [0.29, 0.717) is 11.4 Å². The largest absolute Gasteiger partial charge is 0.496 e. The second kappa shape index (κ2) is 8.43. The molecule has 2 N–H and O–H groups in total. The van der Waals surface area contributed by atoms with Crippen LogP contribution in [0.15, 0.2) is 46.9 Å². The van der Waals surface area contributed by atoms with E-state index >= 15 is 0 Å². The number of ether oxygens (including phenoxy) is 1. The van der Waals surface area contributed by atoms with Crippen molar-refractivity contribution < 1.29 is 18.7 Å². The molecule has 0 saturated carbocycles. The van der Waals surface area contributed by atoms with E-state index in [1.54, 1.807) is 19.3 Å². The first kappa shape index (κ1) is 18.7. The molecule has 2 amide bonds. The van der Waals surface area contributed by atoms with Crippen molar-refractivity contribution >= 4 is 45.2 Å². The Balaban J connectivity index is 2.12. The molecule has 0 fully saturated rings. The number of carbonyl (C=O) groups excluding carboxylic acids is 2. The van der Waals surface area contributed by atoms with Gasteiger partial charge in [0.05, 0.1) is 12.8 Å². The SMILES string of the molecule is COc1ccc(Br)cc1/C=C/C(=O)Nc1ccc(F)c(NC(C)=O)c1. The molecule has 5 nitrogen and oxygen atoms in total. The molecular weight excluding hydrogens is 391 g/mol. The fraction of sp³-hybridized carbons (Fsp3) is 0.111. The molecule has 0 unspecified atom stereocenters. The van der Waals surface area contributed by atoms with Crippen molar-refractivity contribution in [2.24, 2.45) is 0 Å². The van der Waals surface area contributed by atoms with E-state index in [9.17, 15) is 14.0 Å². The minimum Gasteiger partial charge on any atom is -0.496 e. The number of methoxy groups -OCH3 is 1. The van der Waals surface area contributed by atoms with Crippen molar-refractivity contribution in [3.05, 3.63) is 58.3 Å². The summed E-state index contributed by atoms with van der Waals surface area (Å²) in [7, 11) is 1.54. The van der Waals surface area contributed by atoms with Crippen LogP contribution in [0.25, 0.3) is 6.08 Å². The number of carbonyl (C=O) groups is 2. The molecule has 2 rings (SSSR count). The summed E-state index contributed by atoms with van der Waals surface area (Å²) in [4.78, 5) is 23.1. The zero-order chi connectivity index (χ0) is 18.4. The number of nitrogens with one attached hydrogen (secondary N) is 2. The molecule has 25 heavy (non-hydrogen) atoms. The first-order valence-corrected chi connectivity index (χ1v) is 8.08. The Kier molecular flexibility index (Phi) is 6.30. The van der Waals surface area contributed by atoms with Crippen LogP contribution in [-0.2, 0) is 9.59 Å². The van der Waals surface area contributed by atoms with Crippen molar-refractivity contribution in [1.29, 1.82) is 0 Å². The maximum absolute atomic E-state index is 13.6. The summed E-state index contributed by atoms with van der Waals surface area (Å²) >= 11 is 3.36. The summed E-state index contributed by atoms with van der Waals surface area (Å²) in [5.41, 5.74) is 1.09. The average molecular weight is 407 g/mol. The summed E-state index contributed by atoms with van der Waals surface area (Å²) in [6.07, 6.45) is 2.95. The number of anilines is 2. The maximum Gasteiger partial charge on any atom is 0.248 e. The molecular formula is C18H16BrFN2O3. The monoisotopic (exact) mass is 406 g/mol. The van der Waals surface area contributed by atoms with Crippen LogP contribution in [0.5, 0.6) is 5.75 Å². The van der Waals surface area contributed by atoms with Crippen LogP contribution in [0.2, 0.25) is 0 Å². The van der Waals surface area contributed by atoms with E-state index in [2.05, 4.69) is 26.6 Å². The topological polar surface area (TPSA) is 67.4 Å². The van der Waals surface area contributed by atoms with Crippen molar-refractivity contribution in [3.8, 4) is 5.75 Å². The van der Waals surface area contributed by atoms with Gasteiger partial charge in [0.1, 0.15) is 11.6 Å². The first-order chi connectivity index (χ1) is 11.9. The number of rotatable bonds is 5. The van der Waals surface area contributed by atoms with E-state index < -0.39 is 17.6 Å². The van der Waals surface area contributed by atoms with Crippen LogP contribution in [0.4, 0.5) is 15.8 Å². The zero-order valence-corrected chi connectivity index (χ0v) is 15.2. The molecule has 0 bridgehead atoms. The molecule has 0 aliphatic rings. The number of halogens is 2. The lowest BCUT2D eigenvalue weighted by Crippen LogP contribution is -2.10. The fourth-order valence-electron chi connectivity index (χ4n) is 2.07. The molecule has 0 saturated heterocycles. The van der Waals surface area contributed by atoms with Gasteiger partial charge in [-0.25, -0.2) is 4.39 Å².